The Kier molecular flexibility index (Phi) is 7.77. The van der Waals surface area contributed by atoms with Gasteiger partial charge in [0.2, 0.25) is 15.7 Å². The zero-order valence-corrected chi connectivity index (χ0v) is 21.7. The smallest absolute Gasteiger partial charge is 0.304 e. The highest BCUT2D eigenvalue weighted by Crippen LogP contribution is 2.53. The monoisotopic (exact) mass is 500 g/mol. The topological polar surface area (TPSA) is 118 Å². The molecule has 1 aliphatic rings. The van der Waals surface area contributed by atoms with Crippen LogP contribution in [-0.2, 0) is 25.8 Å². The quantitative estimate of drug-likeness (QED) is 0.512. The molecule has 190 valence electrons. The predicted molar refractivity (Wildman–Crippen MR) is 135 cm³/mol. The summed E-state index contributed by atoms with van der Waals surface area (Å²) in [7, 11) is -4.12. The molecule has 0 bridgehead atoms. The summed E-state index contributed by atoms with van der Waals surface area (Å²) in [6.07, 6.45) is 0.230. The van der Waals surface area contributed by atoms with E-state index in [2.05, 4.69) is 0 Å². The number of hydrogen-bond acceptors (Lipinski definition) is 5. The summed E-state index contributed by atoms with van der Waals surface area (Å²) < 4.78 is 28.3. The highest BCUT2D eigenvalue weighted by molar-refractivity contribution is 7.92. The molecule has 1 fully saturated rings. The van der Waals surface area contributed by atoms with Crippen molar-refractivity contribution in [3.8, 4) is 0 Å². The molecule has 0 aliphatic carbocycles. The molecule has 35 heavy (non-hydrogen) atoms. The fraction of sp³-hybridized carbons (Fsp3) is 0.481. The van der Waals surface area contributed by atoms with Crippen LogP contribution in [0.5, 0.6) is 0 Å². The summed E-state index contributed by atoms with van der Waals surface area (Å²) in [4.78, 5) is 27.6. The number of aryl methyl sites for hydroxylation is 1. The number of likely N-dealkylation sites (tertiary alicyclic amines) is 1. The maximum absolute atomic E-state index is 14.2. The number of amides is 1. The second kappa shape index (κ2) is 10.1. The van der Waals surface area contributed by atoms with Gasteiger partial charge in [0.15, 0.2) is 5.37 Å². The molecule has 8 heteroatoms. The predicted octanol–water partition coefficient (Wildman–Crippen LogP) is 3.79. The largest absolute Gasteiger partial charge is 0.481 e. The molecule has 2 aromatic rings. The van der Waals surface area contributed by atoms with E-state index in [1.807, 2.05) is 51.1 Å². The molecule has 2 aromatic carbocycles. The van der Waals surface area contributed by atoms with Crippen molar-refractivity contribution in [3.05, 3.63) is 65.7 Å². The van der Waals surface area contributed by atoms with Crippen molar-refractivity contribution in [2.45, 2.75) is 69.2 Å². The summed E-state index contributed by atoms with van der Waals surface area (Å²) in [5.74, 6) is -1.72. The Morgan fingerprint density at radius 1 is 1.11 bits per heavy atom. The van der Waals surface area contributed by atoms with Crippen molar-refractivity contribution < 1.29 is 23.1 Å². The third-order valence-electron chi connectivity index (χ3n) is 7.21. The van der Waals surface area contributed by atoms with Gasteiger partial charge in [0.25, 0.3) is 0 Å². The molecule has 0 radical (unpaired) electrons. The molecule has 0 spiro atoms. The fourth-order valence-corrected chi connectivity index (χ4v) is 7.82. The van der Waals surface area contributed by atoms with Crippen LogP contribution in [0.4, 0.5) is 0 Å². The number of nitrogens with zero attached hydrogens (tertiary/aromatic N) is 1. The van der Waals surface area contributed by atoms with Gasteiger partial charge < -0.3 is 15.7 Å². The first-order chi connectivity index (χ1) is 16.4. The van der Waals surface area contributed by atoms with Gasteiger partial charge in [-0.1, -0.05) is 68.8 Å². The van der Waals surface area contributed by atoms with Crippen LogP contribution in [-0.4, -0.2) is 47.8 Å². The lowest BCUT2D eigenvalue weighted by molar-refractivity contribution is -0.149. The van der Waals surface area contributed by atoms with Gasteiger partial charge >= 0.3 is 5.97 Å². The first-order valence-electron chi connectivity index (χ1n) is 12.1. The van der Waals surface area contributed by atoms with E-state index in [0.717, 1.165) is 11.1 Å². The van der Waals surface area contributed by atoms with Crippen LogP contribution in [0.1, 0.15) is 51.2 Å². The number of sulfone groups is 1. The van der Waals surface area contributed by atoms with Crippen LogP contribution in [0, 0.1) is 18.3 Å². The first kappa shape index (κ1) is 26.9. The molecule has 0 saturated carbocycles. The number of hydrogen-bond donors (Lipinski definition) is 2. The van der Waals surface area contributed by atoms with Gasteiger partial charge in [-0.05, 0) is 49.8 Å². The molecule has 3 atom stereocenters. The third-order valence-corrected chi connectivity index (χ3v) is 9.40. The van der Waals surface area contributed by atoms with E-state index < -0.39 is 44.5 Å². The minimum Gasteiger partial charge on any atom is -0.481 e. The van der Waals surface area contributed by atoms with E-state index in [1.165, 1.54) is 17.0 Å². The van der Waals surface area contributed by atoms with Gasteiger partial charge in [-0.25, -0.2) is 8.42 Å². The van der Waals surface area contributed by atoms with E-state index in [-0.39, 0.29) is 30.2 Å². The van der Waals surface area contributed by atoms with Crippen LogP contribution in [0.3, 0.4) is 0 Å². The van der Waals surface area contributed by atoms with E-state index >= 15 is 0 Å². The van der Waals surface area contributed by atoms with Gasteiger partial charge in [-0.2, -0.15) is 0 Å². The highest BCUT2D eigenvalue weighted by Gasteiger charge is 2.70. The van der Waals surface area contributed by atoms with Crippen molar-refractivity contribution in [2.75, 3.05) is 6.54 Å². The Morgan fingerprint density at radius 3 is 2.23 bits per heavy atom. The number of carboxylic acid groups (broad SMARTS) is 1. The number of rotatable bonds is 10. The Hall–Kier alpha value is -2.71. The van der Waals surface area contributed by atoms with Gasteiger partial charge in [-0.3, -0.25) is 9.59 Å². The number of carboxylic acids is 1. The molecular weight excluding hydrogens is 464 g/mol. The fourth-order valence-electron chi connectivity index (χ4n) is 5.57. The average Bonchev–Trinajstić information content (AvgIpc) is 2.97. The highest BCUT2D eigenvalue weighted by atomic mass is 32.2. The molecule has 1 saturated heterocycles. The molecule has 1 amide bonds. The Labute approximate surface area is 208 Å². The minimum atomic E-state index is -4.12. The summed E-state index contributed by atoms with van der Waals surface area (Å²) in [5, 5.41) is 8.47. The minimum absolute atomic E-state index is 0.0652. The van der Waals surface area contributed by atoms with Crippen molar-refractivity contribution in [1.29, 1.82) is 0 Å². The van der Waals surface area contributed by atoms with Gasteiger partial charge in [0.1, 0.15) is 0 Å². The zero-order valence-electron chi connectivity index (χ0n) is 20.9. The molecule has 0 aromatic heterocycles. The number of nitrogens with two attached hydrogens (primary N) is 1. The molecule has 1 heterocycles. The summed E-state index contributed by atoms with van der Waals surface area (Å²) in [6.45, 7) is 7.51. The molecule has 7 nitrogen and oxygen atoms in total. The van der Waals surface area contributed by atoms with Crippen molar-refractivity contribution in [1.82, 2.24) is 4.90 Å². The van der Waals surface area contributed by atoms with E-state index in [1.54, 1.807) is 19.1 Å². The first-order valence-corrected chi connectivity index (χ1v) is 13.6. The van der Waals surface area contributed by atoms with Crippen LogP contribution >= 0.6 is 0 Å². The van der Waals surface area contributed by atoms with Crippen molar-refractivity contribution in [3.63, 3.8) is 0 Å². The van der Waals surface area contributed by atoms with Crippen molar-refractivity contribution in [2.24, 2.45) is 17.1 Å². The zero-order chi connectivity index (χ0) is 26.0. The average molecular weight is 501 g/mol. The van der Waals surface area contributed by atoms with Crippen molar-refractivity contribution >= 4 is 21.7 Å². The second-order valence-electron chi connectivity index (χ2n) is 10.1. The van der Waals surface area contributed by atoms with Gasteiger partial charge in [0, 0.05) is 6.54 Å². The summed E-state index contributed by atoms with van der Waals surface area (Å²) in [6, 6.07) is 16.0. The number of carbonyl (C=O) groups is 2. The lowest BCUT2D eigenvalue weighted by Crippen LogP contribution is -2.62. The van der Waals surface area contributed by atoms with E-state index in [0.29, 0.717) is 6.42 Å². The van der Waals surface area contributed by atoms with Gasteiger partial charge in [0.05, 0.1) is 22.3 Å². The van der Waals surface area contributed by atoms with Crippen LogP contribution in [0.25, 0.3) is 0 Å². The lowest BCUT2D eigenvalue weighted by atomic mass is 9.64. The molecule has 3 rings (SSSR count). The Balaban J connectivity index is 2.21. The Bertz CT molecular complexity index is 1160. The van der Waals surface area contributed by atoms with E-state index in [4.69, 9.17) is 5.73 Å². The third kappa shape index (κ3) is 4.86. The molecule has 1 aliphatic heterocycles. The normalized spacial score (nSPS) is 24.8. The molecular formula is C27H36N2O5S. The second-order valence-corrected chi connectivity index (χ2v) is 12.1. The van der Waals surface area contributed by atoms with Crippen LogP contribution < -0.4 is 5.73 Å². The summed E-state index contributed by atoms with van der Waals surface area (Å²) >= 11 is 0. The number of benzene rings is 2. The van der Waals surface area contributed by atoms with Gasteiger partial charge in [-0.15, -0.1) is 0 Å². The number of carbonyl (C=O) groups excluding carboxylic acids is 1. The van der Waals surface area contributed by atoms with Crippen LogP contribution in [0.2, 0.25) is 0 Å². The summed E-state index contributed by atoms with van der Waals surface area (Å²) in [5.41, 5.74) is 5.70. The maximum atomic E-state index is 14.2. The lowest BCUT2D eigenvalue weighted by Gasteiger charge is -2.43. The van der Waals surface area contributed by atoms with Crippen LogP contribution in [0.15, 0.2) is 59.5 Å². The standard InChI is InChI=1S/C27H36N2O5S/c1-5-27(28)25(35(33,34)22-13-11-20(4)12-14-22)29(16-15-21-9-7-6-8-10-21)24(32)26(27,17-19(2)3)18-23(30)31/h6-14,19,25H,5,15-18,28H2,1-4H3,(H,30,31). The number of aliphatic carboxylic acids is 1. The van der Waals surface area contributed by atoms with E-state index in [9.17, 15) is 23.1 Å². The SMILES string of the molecule is CCC1(N)C(S(=O)(=O)c2ccc(C)cc2)N(CCc2ccccc2)C(=O)C1(CC(=O)O)CC(C)C. The maximum Gasteiger partial charge on any atom is 0.304 e. The Morgan fingerprint density at radius 2 is 1.71 bits per heavy atom. The molecule has 3 unspecified atom stereocenters. The molecule has 3 N–H and O–H groups in total.